The predicted octanol–water partition coefficient (Wildman–Crippen LogP) is 3.32. The highest BCUT2D eigenvalue weighted by molar-refractivity contribution is 6.46. The standard InChI is InChI=1S/C17H13Cl2N3O4/c1-21(2)13-7-6-9(26-13)8-10-15(23)20-17(25)22(16(10)24)12-5-3-4-11(18)14(12)19/h3-8H,1-2H3,(H,20,23,25)/b10-8+. The molecule has 1 aromatic heterocycles. The average molecular weight is 394 g/mol. The van der Waals surface area contributed by atoms with Crippen molar-refractivity contribution < 1.29 is 18.8 Å². The highest BCUT2D eigenvalue weighted by Gasteiger charge is 2.38. The third-order valence-electron chi connectivity index (χ3n) is 3.61. The molecule has 0 saturated carbocycles. The molecule has 2 heterocycles. The monoisotopic (exact) mass is 393 g/mol. The van der Waals surface area contributed by atoms with Crippen molar-refractivity contribution in [1.29, 1.82) is 0 Å². The molecule has 1 aromatic carbocycles. The molecule has 134 valence electrons. The summed E-state index contributed by atoms with van der Waals surface area (Å²) in [7, 11) is 3.57. The maximum atomic E-state index is 12.8. The summed E-state index contributed by atoms with van der Waals surface area (Å²) >= 11 is 12.1. The Labute approximate surface area is 158 Å². The Balaban J connectivity index is 2.02. The van der Waals surface area contributed by atoms with E-state index in [1.54, 1.807) is 37.2 Å². The fourth-order valence-corrected chi connectivity index (χ4v) is 2.72. The fourth-order valence-electron chi connectivity index (χ4n) is 2.34. The Kier molecular flexibility index (Phi) is 4.76. The molecular weight excluding hydrogens is 381 g/mol. The third kappa shape index (κ3) is 3.18. The van der Waals surface area contributed by atoms with Crippen molar-refractivity contribution >= 4 is 58.7 Å². The lowest BCUT2D eigenvalue weighted by Crippen LogP contribution is -2.54. The Morgan fingerprint density at radius 3 is 2.50 bits per heavy atom. The minimum atomic E-state index is -0.908. The number of halogens is 2. The Bertz CT molecular complexity index is 949. The molecule has 0 radical (unpaired) electrons. The summed E-state index contributed by atoms with van der Waals surface area (Å²) in [6.45, 7) is 0. The van der Waals surface area contributed by atoms with E-state index in [2.05, 4.69) is 5.32 Å². The van der Waals surface area contributed by atoms with Gasteiger partial charge in [-0.05, 0) is 24.3 Å². The number of nitrogens with one attached hydrogen (secondary N) is 1. The molecule has 1 N–H and O–H groups in total. The van der Waals surface area contributed by atoms with Crippen LogP contribution >= 0.6 is 23.2 Å². The summed E-state index contributed by atoms with van der Waals surface area (Å²) < 4.78 is 5.52. The number of furan rings is 1. The summed E-state index contributed by atoms with van der Waals surface area (Å²) in [6, 6.07) is 6.91. The molecule has 26 heavy (non-hydrogen) atoms. The van der Waals surface area contributed by atoms with Crippen LogP contribution < -0.4 is 15.1 Å². The van der Waals surface area contributed by atoms with Gasteiger partial charge in [0.05, 0.1) is 15.7 Å². The normalized spacial score (nSPS) is 16.2. The van der Waals surface area contributed by atoms with Crippen LogP contribution in [0.4, 0.5) is 16.4 Å². The third-order valence-corrected chi connectivity index (χ3v) is 4.42. The number of hydrogen-bond acceptors (Lipinski definition) is 5. The molecule has 3 rings (SSSR count). The molecule has 1 saturated heterocycles. The molecule has 0 atom stereocenters. The van der Waals surface area contributed by atoms with Gasteiger partial charge in [0.1, 0.15) is 11.3 Å². The quantitative estimate of drug-likeness (QED) is 0.638. The van der Waals surface area contributed by atoms with E-state index in [0.717, 1.165) is 4.90 Å². The molecular formula is C17H13Cl2N3O4. The Morgan fingerprint density at radius 2 is 1.85 bits per heavy atom. The first kappa shape index (κ1) is 18.0. The second-order valence-corrected chi connectivity index (χ2v) is 6.39. The van der Waals surface area contributed by atoms with Crippen LogP contribution in [0.2, 0.25) is 10.0 Å². The maximum Gasteiger partial charge on any atom is 0.336 e. The molecule has 4 amide bonds. The summed E-state index contributed by atoms with van der Waals surface area (Å²) in [5.41, 5.74) is -0.186. The number of amides is 4. The van der Waals surface area contributed by atoms with Crippen molar-refractivity contribution in [2.75, 3.05) is 23.9 Å². The number of hydrogen-bond donors (Lipinski definition) is 1. The number of rotatable bonds is 3. The van der Waals surface area contributed by atoms with Crippen LogP contribution in [0.1, 0.15) is 5.76 Å². The molecule has 0 aliphatic carbocycles. The van der Waals surface area contributed by atoms with Gasteiger partial charge in [-0.15, -0.1) is 0 Å². The van der Waals surface area contributed by atoms with Crippen LogP contribution in [-0.4, -0.2) is 31.9 Å². The average Bonchev–Trinajstić information content (AvgIpc) is 3.04. The number of urea groups is 1. The van der Waals surface area contributed by atoms with Gasteiger partial charge in [-0.1, -0.05) is 29.3 Å². The fraction of sp³-hybridized carbons (Fsp3) is 0.118. The molecule has 1 aliphatic heterocycles. The van der Waals surface area contributed by atoms with Crippen LogP contribution in [0.15, 0.2) is 40.3 Å². The molecule has 0 bridgehead atoms. The largest absolute Gasteiger partial charge is 0.441 e. The number of carbonyl (C=O) groups is 3. The number of nitrogens with zero attached hydrogens (tertiary/aromatic N) is 2. The number of imide groups is 2. The lowest BCUT2D eigenvalue weighted by Gasteiger charge is -2.27. The molecule has 0 unspecified atom stereocenters. The predicted molar refractivity (Wildman–Crippen MR) is 98.5 cm³/mol. The van der Waals surface area contributed by atoms with Gasteiger partial charge in [-0.3, -0.25) is 14.9 Å². The van der Waals surface area contributed by atoms with E-state index in [1.807, 2.05) is 0 Å². The van der Waals surface area contributed by atoms with E-state index in [9.17, 15) is 14.4 Å². The first-order valence-electron chi connectivity index (χ1n) is 7.42. The zero-order chi connectivity index (χ0) is 19.0. The molecule has 1 aliphatic rings. The van der Waals surface area contributed by atoms with Gasteiger partial charge in [0, 0.05) is 20.2 Å². The van der Waals surface area contributed by atoms with Crippen molar-refractivity contribution in [3.05, 3.63) is 51.7 Å². The summed E-state index contributed by atoms with van der Waals surface area (Å²) in [5.74, 6) is -0.812. The molecule has 1 fully saturated rings. The van der Waals surface area contributed by atoms with Crippen molar-refractivity contribution in [2.24, 2.45) is 0 Å². The van der Waals surface area contributed by atoms with Crippen LogP contribution in [0.25, 0.3) is 6.08 Å². The first-order valence-corrected chi connectivity index (χ1v) is 8.18. The molecule has 9 heteroatoms. The number of anilines is 2. The number of carbonyl (C=O) groups excluding carboxylic acids is 3. The second kappa shape index (κ2) is 6.86. The highest BCUT2D eigenvalue weighted by atomic mass is 35.5. The van der Waals surface area contributed by atoms with Gasteiger partial charge in [-0.2, -0.15) is 0 Å². The van der Waals surface area contributed by atoms with Crippen molar-refractivity contribution in [3.8, 4) is 0 Å². The van der Waals surface area contributed by atoms with Gasteiger partial charge in [-0.25, -0.2) is 9.69 Å². The number of benzene rings is 1. The summed E-state index contributed by atoms with van der Waals surface area (Å²) in [4.78, 5) is 39.6. The zero-order valence-corrected chi connectivity index (χ0v) is 15.3. The van der Waals surface area contributed by atoms with Crippen LogP contribution in [0, 0.1) is 0 Å². The lowest BCUT2D eigenvalue weighted by atomic mass is 10.1. The molecule has 2 aromatic rings. The molecule has 7 nitrogen and oxygen atoms in total. The molecule has 0 spiro atoms. The van der Waals surface area contributed by atoms with E-state index >= 15 is 0 Å². The van der Waals surface area contributed by atoms with Gasteiger partial charge in [0.15, 0.2) is 5.88 Å². The van der Waals surface area contributed by atoms with Gasteiger partial charge >= 0.3 is 6.03 Å². The van der Waals surface area contributed by atoms with Gasteiger partial charge < -0.3 is 9.32 Å². The van der Waals surface area contributed by atoms with E-state index in [1.165, 1.54) is 18.2 Å². The minimum absolute atomic E-state index is 0.0271. The number of barbiturate groups is 1. The van der Waals surface area contributed by atoms with Crippen LogP contribution in [0.5, 0.6) is 0 Å². The van der Waals surface area contributed by atoms with Crippen LogP contribution in [-0.2, 0) is 9.59 Å². The van der Waals surface area contributed by atoms with Crippen molar-refractivity contribution in [2.45, 2.75) is 0 Å². The van der Waals surface area contributed by atoms with Gasteiger partial charge in [0.2, 0.25) is 0 Å². The SMILES string of the molecule is CN(C)c1ccc(/C=C2\C(=O)NC(=O)N(c3cccc(Cl)c3Cl)C2=O)o1. The zero-order valence-electron chi connectivity index (χ0n) is 13.7. The van der Waals surface area contributed by atoms with E-state index in [0.29, 0.717) is 11.6 Å². The minimum Gasteiger partial charge on any atom is -0.441 e. The summed E-state index contributed by atoms with van der Waals surface area (Å²) in [5, 5.41) is 2.31. The second-order valence-electron chi connectivity index (χ2n) is 5.60. The van der Waals surface area contributed by atoms with E-state index in [4.69, 9.17) is 27.6 Å². The summed E-state index contributed by atoms with van der Waals surface area (Å²) in [6.07, 6.45) is 1.27. The maximum absolute atomic E-state index is 12.8. The highest BCUT2D eigenvalue weighted by Crippen LogP contribution is 2.34. The topological polar surface area (TPSA) is 82.9 Å². The Morgan fingerprint density at radius 1 is 1.12 bits per heavy atom. The van der Waals surface area contributed by atoms with E-state index in [-0.39, 0.29) is 21.3 Å². The van der Waals surface area contributed by atoms with E-state index < -0.39 is 17.8 Å². The lowest BCUT2D eigenvalue weighted by molar-refractivity contribution is -0.122. The Hall–Kier alpha value is -2.77. The first-order chi connectivity index (χ1) is 12.3. The van der Waals surface area contributed by atoms with Gasteiger partial charge in [0.25, 0.3) is 11.8 Å². The smallest absolute Gasteiger partial charge is 0.336 e. The van der Waals surface area contributed by atoms with Crippen LogP contribution in [0.3, 0.4) is 0 Å². The van der Waals surface area contributed by atoms with Crippen molar-refractivity contribution in [1.82, 2.24) is 5.32 Å². The van der Waals surface area contributed by atoms with Crippen molar-refractivity contribution in [3.63, 3.8) is 0 Å².